The Morgan fingerprint density at radius 1 is 1.19 bits per heavy atom. The van der Waals surface area contributed by atoms with Crippen LogP contribution >= 0.6 is 0 Å². The van der Waals surface area contributed by atoms with Gasteiger partial charge in [-0.2, -0.15) is 0 Å². The van der Waals surface area contributed by atoms with Crippen LogP contribution in [0, 0.1) is 17.6 Å². The van der Waals surface area contributed by atoms with E-state index in [1.165, 1.54) is 12.1 Å². The SMILES string of the molecule is O=C(NC1C2CCN(CC2)C1Cc1cccnc1)c1cccc(F)c1F. The van der Waals surface area contributed by atoms with Crippen molar-refractivity contribution in [1.82, 2.24) is 15.2 Å². The molecule has 1 N–H and O–H groups in total. The zero-order chi connectivity index (χ0) is 18.1. The second kappa shape index (κ2) is 7.11. The first kappa shape index (κ1) is 17.1. The molecule has 0 radical (unpaired) electrons. The number of pyridine rings is 1. The molecule has 136 valence electrons. The molecule has 0 spiro atoms. The predicted octanol–water partition coefficient (Wildman–Crippen LogP) is 2.80. The maximum atomic E-state index is 14.0. The summed E-state index contributed by atoms with van der Waals surface area (Å²) < 4.78 is 27.4. The van der Waals surface area contributed by atoms with Crippen LogP contribution in [-0.2, 0) is 6.42 Å². The Balaban J connectivity index is 1.56. The van der Waals surface area contributed by atoms with Crippen molar-refractivity contribution in [2.24, 2.45) is 5.92 Å². The van der Waals surface area contributed by atoms with Crippen molar-refractivity contribution in [2.75, 3.05) is 13.1 Å². The van der Waals surface area contributed by atoms with Gasteiger partial charge in [0.05, 0.1) is 5.56 Å². The number of hydrogen-bond donors (Lipinski definition) is 1. The number of hydrogen-bond acceptors (Lipinski definition) is 3. The van der Waals surface area contributed by atoms with E-state index in [9.17, 15) is 13.6 Å². The summed E-state index contributed by atoms with van der Waals surface area (Å²) in [6.45, 7) is 2.02. The highest BCUT2D eigenvalue weighted by Gasteiger charge is 2.43. The Labute approximate surface area is 151 Å². The van der Waals surface area contributed by atoms with Crippen molar-refractivity contribution in [3.8, 4) is 0 Å². The van der Waals surface area contributed by atoms with Crippen molar-refractivity contribution in [3.05, 3.63) is 65.5 Å². The normalized spacial score (nSPS) is 27.3. The van der Waals surface area contributed by atoms with E-state index in [4.69, 9.17) is 0 Å². The molecule has 4 nitrogen and oxygen atoms in total. The van der Waals surface area contributed by atoms with Crippen LogP contribution in [0.5, 0.6) is 0 Å². The number of carbonyl (C=O) groups is 1. The fourth-order valence-corrected chi connectivity index (χ4v) is 4.29. The lowest BCUT2D eigenvalue weighted by atomic mass is 9.76. The lowest BCUT2D eigenvalue weighted by Crippen LogP contribution is -2.64. The van der Waals surface area contributed by atoms with E-state index in [0.29, 0.717) is 5.92 Å². The average molecular weight is 357 g/mol. The molecule has 3 saturated heterocycles. The van der Waals surface area contributed by atoms with Gasteiger partial charge < -0.3 is 5.32 Å². The molecule has 4 heterocycles. The lowest BCUT2D eigenvalue weighted by molar-refractivity contribution is 0.0135. The summed E-state index contributed by atoms with van der Waals surface area (Å²) >= 11 is 0. The van der Waals surface area contributed by atoms with Crippen LogP contribution < -0.4 is 5.32 Å². The average Bonchev–Trinajstić information content (AvgIpc) is 2.67. The largest absolute Gasteiger partial charge is 0.347 e. The number of nitrogens with one attached hydrogen (secondary N) is 1. The van der Waals surface area contributed by atoms with Crippen LogP contribution in [-0.4, -0.2) is 41.0 Å². The molecule has 1 aromatic carbocycles. The van der Waals surface area contributed by atoms with Gasteiger partial charge in [-0.25, -0.2) is 8.78 Å². The molecule has 6 heteroatoms. The molecule has 26 heavy (non-hydrogen) atoms. The Bertz CT molecular complexity index is 791. The van der Waals surface area contributed by atoms with Gasteiger partial charge in [0.15, 0.2) is 11.6 Å². The highest BCUT2D eigenvalue weighted by Crippen LogP contribution is 2.34. The summed E-state index contributed by atoms with van der Waals surface area (Å²) in [5, 5.41) is 3.00. The highest BCUT2D eigenvalue weighted by atomic mass is 19.2. The minimum atomic E-state index is -1.09. The predicted molar refractivity (Wildman–Crippen MR) is 93.6 cm³/mol. The topological polar surface area (TPSA) is 45.2 Å². The van der Waals surface area contributed by atoms with Crippen molar-refractivity contribution in [3.63, 3.8) is 0 Å². The third-order valence-corrected chi connectivity index (χ3v) is 5.63. The van der Waals surface area contributed by atoms with Crippen molar-refractivity contribution in [2.45, 2.75) is 31.3 Å². The van der Waals surface area contributed by atoms with E-state index in [-0.39, 0.29) is 17.6 Å². The van der Waals surface area contributed by atoms with Crippen LogP contribution in [0.15, 0.2) is 42.7 Å². The third-order valence-electron chi connectivity index (χ3n) is 5.63. The second-order valence-electron chi connectivity index (χ2n) is 7.11. The summed E-state index contributed by atoms with van der Waals surface area (Å²) in [5.74, 6) is -2.27. The van der Waals surface area contributed by atoms with Gasteiger partial charge in [-0.1, -0.05) is 12.1 Å². The quantitative estimate of drug-likeness (QED) is 0.915. The number of nitrogens with zero attached hydrogens (tertiary/aromatic N) is 2. The monoisotopic (exact) mass is 357 g/mol. The van der Waals surface area contributed by atoms with Crippen LogP contribution in [0.25, 0.3) is 0 Å². The first-order valence-electron chi connectivity index (χ1n) is 9.01. The van der Waals surface area contributed by atoms with Crippen molar-refractivity contribution >= 4 is 5.91 Å². The van der Waals surface area contributed by atoms with Gasteiger partial charge in [0.25, 0.3) is 5.91 Å². The number of halogens is 2. The second-order valence-corrected chi connectivity index (χ2v) is 7.11. The van der Waals surface area contributed by atoms with E-state index >= 15 is 0 Å². The molecular weight excluding hydrogens is 336 g/mol. The molecule has 3 fully saturated rings. The minimum Gasteiger partial charge on any atom is -0.347 e. The number of amides is 1. The zero-order valence-electron chi connectivity index (χ0n) is 14.4. The molecule has 5 rings (SSSR count). The molecule has 2 atom stereocenters. The number of aromatic nitrogens is 1. The number of fused-ring (bicyclic) bond motifs is 3. The number of benzene rings is 1. The Morgan fingerprint density at radius 3 is 2.73 bits per heavy atom. The summed E-state index contributed by atoms with van der Waals surface area (Å²) in [4.78, 5) is 19.2. The smallest absolute Gasteiger partial charge is 0.254 e. The molecular formula is C20H21F2N3O. The summed E-state index contributed by atoms with van der Waals surface area (Å²) in [6, 6.07) is 7.71. The summed E-state index contributed by atoms with van der Waals surface area (Å²) in [7, 11) is 0. The molecule has 1 aromatic heterocycles. The zero-order valence-corrected chi connectivity index (χ0v) is 14.4. The van der Waals surface area contributed by atoms with Crippen LogP contribution in [0.1, 0.15) is 28.8 Å². The minimum absolute atomic E-state index is 0.0760. The van der Waals surface area contributed by atoms with Gasteiger partial charge in [-0.3, -0.25) is 14.7 Å². The van der Waals surface area contributed by atoms with E-state index < -0.39 is 17.5 Å². The van der Waals surface area contributed by atoms with E-state index in [1.807, 2.05) is 18.3 Å². The van der Waals surface area contributed by atoms with Crippen LogP contribution in [0.4, 0.5) is 8.78 Å². The molecule has 0 aliphatic carbocycles. The number of rotatable bonds is 4. The standard InChI is InChI=1S/C20H21F2N3O/c21-16-5-1-4-15(18(16)22)20(26)24-19-14-6-9-25(10-7-14)17(19)11-13-3-2-8-23-12-13/h1-5,8,12,14,17,19H,6-7,9-11H2,(H,24,26). The number of piperidine rings is 3. The highest BCUT2D eigenvalue weighted by molar-refractivity contribution is 5.94. The van der Waals surface area contributed by atoms with Gasteiger partial charge in [-0.15, -0.1) is 0 Å². The number of carbonyl (C=O) groups excluding carboxylic acids is 1. The Hall–Kier alpha value is -2.34. The van der Waals surface area contributed by atoms with E-state index in [2.05, 4.69) is 15.2 Å². The molecule has 2 bridgehead atoms. The Morgan fingerprint density at radius 2 is 2.00 bits per heavy atom. The van der Waals surface area contributed by atoms with Crippen LogP contribution in [0.3, 0.4) is 0 Å². The fourth-order valence-electron chi connectivity index (χ4n) is 4.29. The van der Waals surface area contributed by atoms with Gasteiger partial charge in [-0.05, 0) is 62.0 Å². The molecule has 2 aromatic rings. The van der Waals surface area contributed by atoms with E-state index in [1.54, 1.807) is 6.20 Å². The first-order valence-corrected chi connectivity index (χ1v) is 9.01. The summed E-state index contributed by atoms with van der Waals surface area (Å²) in [6.07, 6.45) is 6.39. The molecule has 1 amide bonds. The van der Waals surface area contributed by atoms with Gasteiger partial charge in [0, 0.05) is 24.5 Å². The van der Waals surface area contributed by atoms with Gasteiger partial charge >= 0.3 is 0 Å². The van der Waals surface area contributed by atoms with Crippen LogP contribution in [0.2, 0.25) is 0 Å². The fraction of sp³-hybridized carbons (Fsp3) is 0.400. The molecule has 2 unspecified atom stereocenters. The Kier molecular flexibility index (Phi) is 4.68. The van der Waals surface area contributed by atoms with Gasteiger partial charge in [0.2, 0.25) is 0 Å². The summed E-state index contributed by atoms with van der Waals surface area (Å²) in [5.41, 5.74) is 0.878. The maximum absolute atomic E-state index is 14.0. The maximum Gasteiger partial charge on any atom is 0.254 e. The molecule has 3 aliphatic rings. The molecule has 3 aliphatic heterocycles. The third kappa shape index (κ3) is 3.21. The van der Waals surface area contributed by atoms with Crippen molar-refractivity contribution < 1.29 is 13.6 Å². The lowest BCUT2D eigenvalue weighted by Gasteiger charge is -2.51. The van der Waals surface area contributed by atoms with E-state index in [0.717, 1.165) is 44.0 Å². The first-order chi connectivity index (χ1) is 12.6. The molecule has 0 saturated carbocycles. The van der Waals surface area contributed by atoms with Gasteiger partial charge in [0.1, 0.15) is 0 Å². The van der Waals surface area contributed by atoms with Crippen molar-refractivity contribution in [1.29, 1.82) is 0 Å².